The van der Waals surface area contributed by atoms with Gasteiger partial charge in [-0.15, -0.1) is 0 Å². The van der Waals surface area contributed by atoms with E-state index in [0.29, 0.717) is 162 Å². The van der Waals surface area contributed by atoms with E-state index >= 15 is 0 Å². The molecule has 17 heteroatoms. The summed E-state index contributed by atoms with van der Waals surface area (Å²) in [5.74, 6) is 0.666. The van der Waals surface area contributed by atoms with Crippen LogP contribution in [0, 0.1) is 19.7 Å². The Morgan fingerprint density at radius 3 is 1.71 bits per heavy atom. The number of hydrogen-bond donors (Lipinski definition) is 3. The zero-order chi connectivity index (χ0) is 48.9. The van der Waals surface area contributed by atoms with Crippen LogP contribution in [-0.2, 0) is 50.5 Å². The maximum absolute atomic E-state index is 14.2. The van der Waals surface area contributed by atoms with Crippen LogP contribution < -0.4 is 20.3 Å². The van der Waals surface area contributed by atoms with E-state index in [1.165, 1.54) is 16.7 Å². The lowest BCUT2D eigenvalue weighted by Gasteiger charge is -2.22. The van der Waals surface area contributed by atoms with Crippen LogP contribution in [0.5, 0.6) is 17.2 Å². The normalized spacial score (nSPS) is 11.8. The zero-order valence-corrected chi connectivity index (χ0v) is 40.4. The molecule has 5 aromatic rings. The minimum Gasteiger partial charge on any atom is -0.491 e. The molecule has 0 saturated heterocycles. The monoisotopic (exact) mass is 949 g/mol. The number of amides is 1. The Morgan fingerprint density at radius 2 is 1.21 bits per heavy atom. The van der Waals surface area contributed by atoms with Crippen LogP contribution in [0.4, 0.5) is 10.1 Å². The molecule has 0 saturated carbocycles. The number of anilines is 1. The van der Waals surface area contributed by atoms with Crippen molar-refractivity contribution in [2.45, 2.75) is 53.2 Å². The van der Waals surface area contributed by atoms with Gasteiger partial charge in [0.05, 0.1) is 111 Å². The Morgan fingerprint density at radius 1 is 0.706 bits per heavy atom. The fraction of sp³-hybridized carbons (Fsp3) is 0.490. The van der Waals surface area contributed by atoms with Gasteiger partial charge in [-0.1, -0.05) is 6.07 Å². The van der Waals surface area contributed by atoms with E-state index in [0.717, 1.165) is 0 Å². The molecule has 3 aromatic carbocycles. The van der Waals surface area contributed by atoms with Crippen LogP contribution in [0.25, 0.3) is 22.0 Å². The fourth-order valence-corrected chi connectivity index (χ4v) is 6.86. The van der Waals surface area contributed by atoms with E-state index in [4.69, 9.17) is 47.4 Å². The number of carbonyl (C=O) groups is 1. The smallest absolute Gasteiger partial charge is 0.274 e. The second kappa shape index (κ2) is 27.7. The highest BCUT2D eigenvalue weighted by molar-refractivity contribution is 6.08. The molecular formula is C51H68FN3O13. The Kier molecular flexibility index (Phi) is 21.9. The average molecular weight is 950 g/mol. The molecule has 0 bridgehead atoms. The first-order valence-corrected chi connectivity index (χ1v) is 23.0. The van der Waals surface area contributed by atoms with Gasteiger partial charge in [-0.2, -0.15) is 0 Å². The van der Waals surface area contributed by atoms with E-state index in [2.05, 4.69) is 10.3 Å². The average Bonchev–Trinajstić information content (AvgIpc) is 3.75. The lowest BCUT2D eigenvalue weighted by molar-refractivity contribution is -0.0259. The van der Waals surface area contributed by atoms with Gasteiger partial charge in [-0.25, -0.2) is 4.39 Å². The van der Waals surface area contributed by atoms with Gasteiger partial charge >= 0.3 is 0 Å². The molecule has 0 unspecified atom stereocenters. The molecule has 0 radical (unpaired) electrons. The highest BCUT2D eigenvalue weighted by atomic mass is 19.1. The van der Waals surface area contributed by atoms with E-state index in [1.807, 2.05) is 13.8 Å². The lowest BCUT2D eigenvalue weighted by Crippen LogP contribution is -2.18. The summed E-state index contributed by atoms with van der Waals surface area (Å²) in [6.07, 6.45) is 1.88. The third kappa shape index (κ3) is 17.4. The van der Waals surface area contributed by atoms with Gasteiger partial charge in [0.1, 0.15) is 40.9 Å². The van der Waals surface area contributed by atoms with E-state index < -0.39 is 11.5 Å². The van der Waals surface area contributed by atoms with Gasteiger partial charge in [0.25, 0.3) is 11.5 Å². The summed E-state index contributed by atoms with van der Waals surface area (Å²) in [6, 6.07) is 16.6. The standard InChI is InChI=1S/C51H68FN3O13/c1-35(2)66-28-26-64-24-22-62-20-18-60-16-14-59-15-17-61-19-21-63-23-25-65-27-29-67-41-11-9-40(10-12-41)53-49(56)45-33-43-44(34-55(7)50(57)47(43)54-45)42-32-38(51(5,6)58)8-13-46(42)68-48-36(3)30-39(52)31-37(48)4/h8-13,30-35,54,58H,14-29H2,1-7H3,(H,53,56). The van der Waals surface area contributed by atoms with Crippen molar-refractivity contribution >= 4 is 22.5 Å². The maximum Gasteiger partial charge on any atom is 0.274 e. The van der Waals surface area contributed by atoms with E-state index in [-0.39, 0.29) is 28.7 Å². The number of pyridine rings is 1. The van der Waals surface area contributed by atoms with Gasteiger partial charge in [0.2, 0.25) is 0 Å². The number of H-pyrrole nitrogens is 1. The first-order chi connectivity index (χ1) is 32.7. The first-order valence-electron chi connectivity index (χ1n) is 23.0. The molecule has 1 amide bonds. The van der Waals surface area contributed by atoms with Crippen molar-refractivity contribution in [3.63, 3.8) is 0 Å². The summed E-state index contributed by atoms with van der Waals surface area (Å²) >= 11 is 0. The van der Waals surface area contributed by atoms with Crippen LogP contribution in [0.2, 0.25) is 0 Å². The van der Waals surface area contributed by atoms with Crippen molar-refractivity contribution in [2.24, 2.45) is 7.05 Å². The Bertz CT molecular complexity index is 2350. The number of aliphatic hydroxyl groups is 1. The molecule has 0 spiro atoms. The number of ether oxygens (including phenoxy) is 10. The number of benzene rings is 3. The molecular weight excluding hydrogens is 882 g/mol. The van der Waals surface area contributed by atoms with Crippen LogP contribution in [0.3, 0.4) is 0 Å². The number of halogens is 1. The topological polar surface area (TPSA) is 179 Å². The van der Waals surface area contributed by atoms with Gasteiger partial charge < -0.3 is 67.3 Å². The molecule has 0 aliphatic rings. The van der Waals surface area contributed by atoms with Crippen LogP contribution in [0.1, 0.15) is 54.9 Å². The third-order valence-corrected chi connectivity index (χ3v) is 10.3. The summed E-state index contributed by atoms with van der Waals surface area (Å²) in [5, 5.41) is 14.3. The summed E-state index contributed by atoms with van der Waals surface area (Å²) < 4.78 is 71.8. The summed E-state index contributed by atoms with van der Waals surface area (Å²) in [4.78, 5) is 30.0. The van der Waals surface area contributed by atoms with Crippen LogP contribution in [-0.4, -0.2) is 132 Å². The number of aromatic nitrogens is 2. The Balaban J connectivity index is 0.980. The fourth-order valence-electron chi connectivity index (χ4n) is 6.86. The number of nitrogens with zero attached hydrogens (tertiary/aromatic N) is 1. The second-order valence-electron chi connectivity index (χ2n) is 16.7. The van der Waals surface area contributed by atoms with Gasteiger partial charge in [-0.3, -0.25) is 9.59 Å². The molecule has 2 heterocycles. The van der Waals surface area contributed by atoms with Crippen LogP contribution in [0.15, 0.2) is 71.7 Å². The largest absolute Gasteiger partial charge is 0.491 e. The SMILES string of the molecule is Cc1cc(F)cc(C)c1Oc1ccc(C(C)(C)O)cc1-c1cn(C)c(=O)c2[nH]c(C(=O)Nc3ccc(OCCOCCOCCOCCOCCOCCOCCOCCOC(C)C)cc3)cc12. The summed E-state index contributed by atoms with van der Waals surface area (Å²) in [6.45, 7) is 18.4. The van der Waals surface area contributed by atoms with Crippen molar-refractivity contribution in [1.29, 1.82) is 0 Å². The number of hydrogen-bond acceptors (Lipinski definition) is 13. The molecule has 2 aromatic heterocycles. The second-order valence-corrected chi connectivity index (χ2v) is 16.7. The number of aromatic amines is 1. The van der Waals surface area contributed by atoms with Crippen molar-refractivity contribution in [3.05, 3.63) is 105 Å². The van der Waals surface area contributed by atoms with Crippen molar-refractivity contribution in [2.75, 3.05) is 111 Å². The Labute approximate surface area is 397 Å². The van der Waals surface area contributed by atoms with Crippen molar-refractivity contribution in [1.82, 2.24) is 9.55 Å². The van der Waals surface area contributed by atoms with E-state index in [9.17, 15) is 19.1 Å². The minimum atomic E-state index is -1.20. The molecule has 0 aliphatic carbocycles. The molecule has 0 aliphatic heterocycles. The summed E-state index contributed by atoms with van der Waals surface area (Å²) in [7, 11) is 1.62. The Hall–Kier alpha value is -5.21. The van der Waals surface area contributed by atoms with Crippen molar-refractivity contribution in [3.8, 4) is 28.4 Å². The van der Waals surface area contributed by atoms with Crippen molar-refractivity contribution < 1.29 is 61.7 Å². The lowest BCUT2D eigenvalue weighted by atomic mass is 9.93. The number of carbonyl (C=O) groups excluding carboxylic acids is 1. The van der Waals surface area contributed by atoms with Gasteiger partial charge in [0, 0.05) is 35.4 Å². The number of fused-ring (bicyclic) bond motifs is 1. The number of nitrogens with one attached hydrogen (secondary N) is 2. The molecule has 5 rings (SSSR count). The molecule has 372 valence electrons. The number of aryl methyl sites for hydroxylation is 3. The highest BCUT2D eigenvalue weighted by Crippen LogP contribution is 2.41. The summed E-state index contributed by atoms with van der Waals surface area (Å²) in [5.41, 5.74) is 2.30. The molecule has 16 nitrogen and oxygen atoms in total. The van der Waals surface area contributed by atoms with E-state index in [1.54, 1.807) is 89.5 Å². The third-order valence-electron chi connectivity index (χ3n) is 10.3. The predicted octanol–water partition coefficient (Wildman–Crippen LogP) is 7.48. The maximum atomic E-state index is 14.2. The van der Waals surface area contributed by atoms with Crippen LogP contribution >= 0.6 is 0 Å². The number of rotatable bonds is 32. The highest BCUT2D eigenvalue weighted by Gasteiger charge is 2.23. The van der Waals surface area contributed by atoms with Gasteiger partial charge in [0.15, 0.2) is 0 Å². The zero-order valence-electron chi connectivity index (χ0n) is 40.4. The molecule has 68 heavy (non-hydrogen) atoms. The first kappa shape index (κ1) is 53.7. The quantitative estimate of drug-likeness (QED) is 0.0362. The van der Waals surface area contributed by atoms with Gasteiger partial charge in [-0.05, 0) is 113 Å². The minimum absolute atomic E-state index is 0.160. The molecule has 0 atom stereocenters. The molecule has 0 fully saturated rings. The molecule has 3 N–H and O–H groups in total. The predicted molar refractivity (Wildman–Crippen MR) is 257 cm³/mol.